The molecule has 23 nitrogen and oxygen atoms in total. The summed E-state index contributed by atoms with van der Waals surface area (Å²) in [6, 6.07) is -9.82. The highest BCUT2D eigenvalue weighted by atomic mass is 32.1. The van der Waals surface area contributed by atoms with Gasteiger partial charge in [-0.05, 0) is 24.7 Å². The standard InChI is InChI=1S/C33H56N12O11S/c1-5-16(4)25(31(54)41-20(9-17-11-37-14-39-17)28(51)43-22(13-57)32(55)56)45-29(52)21(12-46)42-30(53)24(15(2)3)44-27(50)19(7-6-8-38-33(35)36)40-26(49)18(34)10-23(47)48/h11,14-16,18-22,24-25,46,57H,5-10,12-13,34H2,1-4H3,(H,37,39)(H,40,49)(H,41,54)(H,42,53)(H,43,51)(H,44,50)(H,45,52)(H,47,48)(H,55,56)(H4,35,36,38)/t16-,18-,19-,20-,21-,22-,24-,25-/m0/s1. The quantitative estimate of drug-likeness (QED) is 0.0181. The molecule has 16 N–H and O–H groups in total. The third-order valence-electron chi connectivity index (χ3n) is 8.57. The van der Waals surface area contributed by atoms with Crippen molar-refractivity contribution >= 4 is 66.0 Å². The number of hydrogen-bond donors (Lipinski definition) is 14. The molecule has 6 amide bonds. The van der Waals surface area contributed by atoms with Crippen LogP contribution in [0.2, 0.25) is 0 Å². The van der Waals surface area contributed by atoms with E-state index in [0.29, 0.717) is 12.1 Å². The first-order chi connectivity index (χ1) is 26.7. The number of carbonyl (C=O) groups excluding carboxylic acids is 6. The zero-order chi connectivity index (χ0) is 43.4. The van der Waals surface area contributed by atoms with Crippen molar-refractivity contribution < 1.29 is 53.7 Å². The molecule has 8 atom stereocenters. The van der Waals surface area contributed by atoms with E-state index in [-0.39, 0.29) is 37.5 Å². The minimum Gasteiger partial charge on any atom is -0.481 e. The van der Waals surface area contributed by atoms with Crippen molar-refractivity contribution in [2.75, 3.05) is 18.9 Å². The maximum absolute atomic E-state index is 13.7. The van der Waals surface area contributed by atoms with Gasteiger partial charge in [0.05, 0.1) is 25.4 Å². The monoisotopic (exact) mass is 828 g/mol. The number of aromatic amines is 1. The van der Waals surface area contributed by atoms with Crippen LogP contribution in [0.25, 0.3) is 0 Å². The van der Waals surface area contributed by atoms with Crippen LogP contribution < -0.4 is 49.1 Å². The zero-order valence-electron chi connectivity index (χ0n) is 32.2. The Balaban J connectivity index is 3.22. The number of nitrogens with zero attached hydrogens (tertiary/aromatic N) is 2. The van der Waals surface area contributed by atoms with Crippen LogP contribution in [0.5, 0.6) is 0 Å². The van der Waals surface area contributed by atoms with Crippen LogP contribution in [-0.2, 0) is 44.8 Å². The molecule has 0 aromatic carbocycles. The number of aliphatic hydroxyl groups excluding tert-OH is 1. The van der Waals surface area contributed by atoms with Crippen molar-refractivity contribution in [2.24, 2.45) is 34.0 Å². The Morgan fingerprint density at radius 2 is 1.35 bits per heavy atom. The minimum atomic E-state index is -1.64. The molecule has 320 valence electrons. The number of imidazole rings is 1. The Morgan fingerprint density at radius 1 is 0.807 bits per heavy atom. The van der Waals surface area contributed by atoms with Crippen molar-refractivity contribution in [3.8, 4) is 0 Å². The Hall–Kier alpha value is -5.49. The molecule has 0 spiro atoms. The molecule has 1 aromatic rings. The van der Waals surface area contributed by atoms with Gasteiger partial charge in [0.15, 0.2) is 5.96 Å². The largest absolute Gasteiger partial charge is 0.481 e. The zero-order valence-corrected chi connectivity index (χ0v) is 33.1. The lowest BCUT2D eigenvalue weighted by Gasteiger charge is -2.29. The maximum atomic E-state index is 13.7. The summed E-state index contributed by atoms with van der Waals surface area (Å²) in [5.41, 5.74) is 16.8. The van der Waals surface area contributed by atoms with Gasteiger partial charge in [0, 0.05) is 30.6 Å². The van der Waals surface area contributed by atoms with Gasteiger partial charge in [0.25, 0.3) is 0 Å². The Kier molecular flexibility index (Phi) is 21.6. The summed E-state index contributed by atoms with van der Waals surface area (Å²) >= 11 is 3.95. The summed E-state index contributed by atoms with van der Waals surface area (Å²) in [6.07, 6.45) is 2.35. The van der Waals surface area contributed by atoms with E-state index in [4.69, 9.17) is 22.3 Å². The molecule has 0 aliphatic rings. The smallest absolute Gasteiger partial charge is 0.327 e. The van der Waals surface area contributed by atoms with Crippen LogP contribution >= 0.6 is 12.6 Å². The lowest BCUT2D eigenvalue weighted by atomic mass is 9.97. The van der Waals surface area contributed by atoms with E-state index in [9.17, 15) is 48.6 Å². The summed E-state index contributed by atoms with van der Waals surface area (Å²) < 4.78 is 0. The van der Waals surface area contributed by atoms with E-state index in [1.165, 1.54) is 12.5 Å². The van der Waals surface area contributed by atoms with Crippen molar-refractivity contribution in [1.82, 2.24) is 41.9 Å². The number of carboxylic acid groups (broad SMARTS) is 2. The number of aliphatic imine (C=N–C) groups is 1. The highest BCUT2D eigenvalue weighted by Gasteiger charge is 2.35. The fourth-order valence-electron chi connectivity index (χ4n) is 5.08. The molecule has 0 bridgehead atoms. The van der Waals surface area contributed by atoms with Crippen LogP contribution in [0.3, 0.4) is 0 Å². The van der Waals surface area contributed by atoms with Gasteiger partial charge < -0.3 is 69.4 Å². The SMILES string of the molecule is CC[C@H](C)[C@H](NC(=O)[C@H](CO)NC(=O)[C@@H](NC(=O)[C@H](CCCN=C(N)N)NC(=O)[C@@H](N)CC(=O)O)C(C)C)C(=O)N[C@@H](Cc1cnc[nH]1)C(=O)N[C@@H](CS)C(=O)O. The van der Waals surface area contributed by atoms with Gasteiger partial charge in [0.1, 0.15) is 36.3 Å². The number of H-pyrrole nitrogens is 1. The predicted molar refractivity (Wildman–Crippen MR) is 207 cm³/mol. The number of rotatable bonds is 26. The van der Waals surface area contributed by atoms with E-state index in [0.717, 1.165) is 0 Å². The molecule has 0 fully saturated rings. The van der Waals surface area contributed by atoms with Crippen LogP contribution in [0, 0.1) is 11.8 Å². The second kappa shape index (κ2) is 24.9. The third-order valence-corrected chi connectivity index (χ3v) is 8.94. The van der Waals surface area contributed by atoms with Gasteiger partial charge in [-0.2, -0.15) is 12.6 Å². The lowest BCUT2D eigenvalue weighted by molar-refractivity contribution is -0.141. The predicted octanol–water partition coefficient (Wildman–Crippen LogP) is -4.57. The van der Waals surface area contributed by atoms with Gasteiger partial charge >= 0.3 is 11.9 Å². The van der Waals surface area contributed by atoms with E-state index >= 15 is 0 Å². The van der Waals surface area contributed by atoms with Crippen molar-refractivity contribution in [3.05, 3.63) is 18.2 Å². The number of hydrogen-bond acceptors (Lipinski definition) is 13. The summed E-state index contributed by atoms with van der Waals surface area (Å²) in [4.78, 5) is 113. The normalized spacial score (nSPS) is 15.2. The van der Waals surface area contributed by atoms with E-state index in [2.05, 4.69) is 59.5 Å². The average Bonchev–Trinajstić information content (AvgIpc) is 3.66. The molecule has 1 heterocycles. The molecule has 0 saturated carbocycles. The van der Waals surface area contributed by atoms with Crippen LogP contribution in [0.4, 0.5) is 0 Å². The lowest BCUT2D eigenvalue weighted by Crippen LogP contribution is -2.62. The number of carboxylic acids is 2. The Bertz CT molecular complexity index is 1560. The number of thiol groups is 1. The minimum absolute atomic E-state index is 0.0545. The van der Waals surface area contributed by atoms with Crippen molar-refractivity contribution in [2.45, 2.75) is 102 Å². The van der Waals surface area contributed by atoms with E-state index in [1.54, 1.807) is 27.7 Å². The van der Waals surface area contributed by atoms with Gasteiger partial charge in [-0.3, -0.25) is 38.6 Å². The molecule has 0 saturated heterocycles. The molecule has 0 aliphatic heterocycles. The molecule has 57 heavy (non-hydrogen) atoms. The maximum Gasteiger partial charge on any atom is 0.327 e. The van der Waals surface area contributed by atoms with Crippen molar-refractivity contribution in [1.29, 1.82) is 0 Å². The number of aliphatic carboxylic acids is 2. The van der Waals surface area contributed by atoms with Crippen LogP contribution in [0.1, 0.15) is 59.1 Å². The summed E-state index contributed by atoms with van der Waals surface area (Å²) in [5, 5.41) is 43.2. The molecular weight excluding hydrogens is 773 g/mol. The number of amides is 6. The number of nitrogens with one attached hydrogen (secondary N) is 7. The molecule has 0 aliphatic carbocycles. The second-order valence-corrected chi connectivity index (χ2v) is 13.8. The summed E-state index contributed by atoms with van der Waals surface area (Å²) in [7, 11) is 0. The first kappa shape index (κ1) is 49.5. The average molecular weight is 829 g/mol. The molecule has 1 rings (SSSR count). The topological polar surface area (TPSA) is 389 Å². The number of aromatic nitrogens is 2. The van der Waals surface area contributed by atoms with E-state index < -0.39 is 115 Å². The number of carbonyl (C=O) groups is 8. The van der Waals surface area contributed by atoms with Crippen molar-refractivity contribution in [3.63, 3.8) is 0 Å². The van der Waals surface area contributed by atoms with E-state index in [1.807, 2.05) is 0 Å². The van der Waals surface area contributed by atoms with Gasteiger partial charge in [0.2, 0.25) is 35.4 Å². The highest BCUT2D eigenvalue weighted by Crippen LogP contribution is 2.11. The Morgan fingerprint density at radius 3 is 1.86 bits per heavy atom. The molecule has 0 unspecified atom stereocenters. The van der Waals surface area contributed by atoms with Gasteiger partial charge in [-0.1, -0.05) is 34.1 Å². The second-order valence-electron chi connectivity index (χ2n) is 13.5. The first-order valence-electron chi connectivity index (χ1n) is 18.0. The molecule has 24 heteroatoms. The number of guanidine groups is 1. The molecular formula is C33H56N12O11S. The van der Waals surface area contributed by atoms with Gasteiger partial charge in [-0.25, -0.2) is 9.78 Å². The highest BCUT2D eigenvalue weighted by molar-refractivity contribution is 7.80. The first-order valence-corrected chi connectivity index (χ1v) is 18.7. The summed E-state index contributed by atoms with van der Waals surface area (Å²) in [6.45, 7) is 5.63. The van der Waals surface area contributed by atoms with Gasteiger partial charge in [-0.15, -0.1) is 0 Å². The van der Waals surface area contributed by atoms with Crippen LogP contribution in [-0.4, -0.2) is 140 Å². The number of nitrogens with two attached hydrogens (primary N) is 3. The fourth-order valence-corrected chi connectivity index (χ4v) is 5.32. The third kappa shape index (κ3) is 17.5. The fraction of sp³-hybridized carbons (Fsp3) is 0.636. The Labute approximate surface area is 334 Å². The molecule has 1 aromatic heterocycles. The van der Waals surface area contributed by atoms with Crippen LogP contribution in [0.15, 0.2) is 17.5 Å². The summed E-state index contributed by atoms with van der Waals surface area (Å²) in [5.74, 6) is -9.74. The number of aliphatic hydroxyl groups is 1. The molecule has 0 radical (unpaired) electrons.